The van der Waals surface area contributed by atoms with Crippen molar-refractivity contribution in [1.29, 1.82) is 0 Å². The van der Waals surface area contributed by atoms with Crippen LogP contribution in [0.15, 0.2) is 24.3 Å². The zero-order valence-electron chi connectivity index (χ0n) is 14.8. The molecule has 1 aromatic carbocycles. The highest BCUT2D eigenvalue weighted by Gasteiger charge is 2.25. The van der Waals surface area contributed by atoms with Crippen LogP contribution >= 0.6 is 0 Å². The SMILES string of the molecule is Cc1[nH]c(C=O)cc1C(=O)N1CCc2ccc(C(C)(C)C)cc2C1. The maximum Gasteiger partial charge on any atom is 0.256 e. The minimum Gasteiger partial charge on any atom is -0.356 e. The van der Waals surface area contributed by atoms with Gasteiger partial charge in [-0.15, -0.1) is 0 Å². The molecule has 0 aliphatic carbocycles. The van der Waals surface area contributed by atoms with Gasteiger partial charge in [-0.2, -0.15) is 0 Å². The summed E-state index contributed by atoms with van der Waals surface area (Å²) >= 11 is 0. The lowest BCUT2D eigenvalue weighted by Gasteiger charge is -2.30. The van der Waals surface area contributed by atoms with E-state index in [1.54, 1.807) is 6.07 Å². The number of aryl methyl sites for hydroxylation is 1. The molecule has 2 aromatic rings. The molecule has 24 heavy (non-hydrogen) atoms. The third kappa shape index (κ3) is 3.01. The van der Waals surface area contributed by atoms with E-state index in [-0.39, 0.29) is 11.3 Å². The van der Waals surface area contributed by atoms with Gasteiger partial charge in [-0.05, 0) is 41.5 Å². The molecule has 0 bridgehead atoms. The van der Waals surface area contributed by atoms with Gasteiger partial charge < -0.3 is 9.88 Å². The zero-order chi connectivity index (χ0) is 17.5. The number of benzene rings is 1. The molecule has 0 saturated heterocycles. The monoisotopic (exact) mass is 324 g/mol. The number of hydrogen-bond acceptors (Lipinski definition) is 2. The summed E-state index contributed by atoms with van der Waals surface area (Å²) in [4.78, 5) is 28.6. The van der Waals surface area contributed by atoms with Crippen LogP contribution in [0, 0.1) is 6.92 Å². The second kappa shape index (κ2) is 5.93. The minimum atomic E-state index is -0.0105. The third-order valence-electron chi connectivity index (χ3n) is 4.76. The smallest absolute Gasteiger partial charge is 0.256 e. The van der Waals surface area contributed by atoms with Crippen LogP contribution in [0.25, 0.3) is 0 Å². The quantitative estimate of drug-likeness (QED) is 0.858. The molecule has 1 amide bonds. The number of rotatable bonds is 2. The Bertz CT molecular complexity index is 796. The number of nitrogens with zero attached hydrogens (tertiary/aromatic N) is 1. The van der Waals surface area contributed by atoms with Crippen molar-refractivity contribution in [2.45, 2.75) is 46.1 Å². The Labute approximate surface area is 142 Å². The van der Waals surface area contributed by atoms with Crippen LogP contribution in [0.1, 0.15) is 64.0 Å². The fourth-order valence-electron chi connectivity index (χ4n) is 3.24. The van der Waals surface area contributed by atoms with E-state index in [1.807, 2.05) is 11.8 Å². The van der Waals surface area contributed by atoms with Crippen molar-refractivity contribution in [2.75, 3.05) is 6.54 Å². The molecule has 1 aromatic heterocycles. The van der Waals surface area contributed by atoms with Crippen LogP contribution in [0.3, 0.4) is 0 Å². The van der Waals surface area contributed by atoms with E-state index in [9.17, 15) is 9.59 Å². The van der Waals surface area contributed by atoms with Crippen molar-refractivity contribution in [3.8, 4) is 0 Å². The summed E-state index contributed by atoms with van der Waals surface area (Å²) in [6.07, 6.45) is 1.61. The fraction of sp³-hybridized carbons (Fsp3) is 0.400. The van der Waals surface area contributed by atoms with Gasteiger partial charge in [-0.25, -0.2) is 0 Å². The van der Waals surface area contributed by atoms with Crippen LogP contribution < -0.4 is 0 Å². The lowest BCUT2D eigenvalue weighted by Crippen LogP contribution is -2.36. The number of aromatic amines is 1. The second-order valence-electron chi connectivity index (χ2n) is 7.59. The molecule has 3 rings (SSSR count). The second-order valence-corrected chi connectivity index (χ2v) is 7.59. The van der Waals surface area contributed by atoms with Gasteiger partial charge in [0.15, 0.2) is 6.29 Å². The number of nitrogens with one attached hydrogen (secondary N) is 1. The molecule has 0 spiro atoms. The number of fused-ring (bicyclic) bond motifs is 1. The first-order valence-corrected chi connectivity index (χ1v) is 8.36. The summed E-state index contributed by atoms with van der Waals surface area (Å²) in [5.41, 5.74) is 5.72. The topological polar surface area (TPSA) is 53.2 Å². The molecular weight excluding hydrogens is 300 g/mol. The minimum absolute atomic E-state index is 0.0105. The van der Waals surface area contributed by atoms with Crippen LogP contribution in [0.2, 0.25) is 0 Å². The summed E-state index contributed by atoms with van der Waals surface area (Å²) in [5.74, 6) is -0.0105. The third-order valence-corrected chi connectivity index (χ3v) is 4.76. The number of hydrogen-bond donors (Lipinski definition) is 1. The average Bonchev–Trinajstić information content (AvgIpc) is 2.93. The average molecular weight is 324 g/mol. The molecule has 0 unspecified atom stereocenters. The molecule has 126 valence electrons. The van der Waals surface area contributed by atoms with Crippen LogP contribution in [0.5, 0.6) is 0 Å². The molecule has 1 N–H and O–H groups in total. The maximum atomic E-state index is 12.8. The van der Waals surface area contributed by atoms with Gasteiger partial charge in [0.05, 0.1) is 11.3 Å². The van der Waals surface area contributed by atoms with Gasteiger partial charge in [-0.3, -0.25) is 9.59 Å². The molecule has 0 atom stereocenters. The van der Waals surface area contributed by atoms with Gasteiger partial charge in [0, 0.05) is 18.8 Å². The summed E-state index contributed by atoms with van der Waals surface area (Å²) in [5, 5.41) is 0. The summed E-state index contributed by atoms with van der Waals surface area (Å²) in [6.45, 7) is 9.76. The lowest BCUT2D eigenvalue weighted by molar-refractivity contribution is 0.0734. The number of H-pyrrole nitrogens is 1. The first-order chi connectivity index (χ1) is 11.3. The lowest BCUT2D eigenvalue weighted by atomic mass is 9.84. The Balaban J connectivity index is 1.87. The maximum absolute atomic E-state index is 12.8. The van der Waals surface area contributed by atoms with Crippen LogP contribution in [0.4, 0.5) is 0 Å². The van der Waals surface area contributed by atoms with Gasteiger partial charge in [0.1, 0.15) is 0 Å². The predicted octanol–water partition coefficient (Wildman–Crippen LogP) is 3.63. The van der Waals surface area contributed by atoms with Crippen molar-refractivity contribution < 1.29 is 9.59 Å². The Morgan fingerprint density at radius 2 is 1.96 bits per heavy atom. The molecular formula is C20H24N2O2. The number of carbonyl (C=O) groups excluding carboxylic acids is 2. The molecule has 1 aliphatic rings. The Kier molecular flexibility index (Phi) is 4.08. The molecule has 2 heterocycles. The van der Waals surface area contributed by atoms with E-state index in [4.69, 9.17) is 0 Å². The van der Waals surface area contributed by atoms with E-state index >= 15 is 0 Å². The van der Waals surface area contributed by atoms with Crippen molar-refractivity contribution in [3.63, 3.8) is 0 Å². The number of carbonyl (C=O) groups is 2. The van der Waals surface area contributed by atoms with Crippen molar-refractivity contribution >= 4 is 12.2 Å². The number of aldehydes is 1. The molecule has 1 aliphatic heterocycles. The van der Waals surface area contributed by atoms with Crippen molar-refractivity contribution in [2.24, 2.45) is 0 Å². The predicted molar refractivity (Wildman–Crippen MR) is 94.5 cm³/mol. The molecule has 0 saturated carbocycles. The van der Waals surface area contributed by atoms with E-state index in [0.717, 1.165) is 18.4 Å². The molecule has 4 nitrogen and oxygen atoms in total. The highest BCUT2D eigenvalue weighted by Crippen LogP contribution is 2.28. The molecule has 0 fully saturated rings. The van der Waals surface area contributed by atoms with Crippen LogP contribution in [-0.2, 0) is 18.4 Å². The first kappa shape index (κ1) is 16.5. The van der Waals surface area contributed by atoms with E-state index in [0.29, 0.717) is 24.3 Å². The van der Waals surface area contributed by atoms with Gasteiger partial charge >= 0.3 is 0 Å². The Hall–Kier alpha value is -2.36. The molecule has 0 radical (unpaired) electrons. The molecule has 4 heteroatoms. The van der Waals surface area contributed by atoms with Gasteiger partial charge in [0.2, 0.25) is 0 Å². The van der Waals surface area contributed by atoms with Gasteiger partial charge in [-0.1, -0.05) is 39.0 Å². The highest BCUT2D eigenvalue weighted by molar-refractivity contribution is 5.97. The van der Waals surface area contributed by atoms with Crippen LogP contribution in [-0.4, -0.2) is 28.6 Å². The standard InChI is InChI=1S/C20H24N2O2/c1-13-18(10-17(12-23)21-13)19(24)22-8-7-14-5-6-16(20(2,3)4)9-15(14)11-22/h5-6,9-10,12,21H,7-8,11H2,1-4H3. The fourth-order valence-corrected chi connectivity index (χ4v) is 3.24. The summed E-state index contributed by atoms with van der Waals surface area (Å²) in [7, 11) is 0. The zero-order valence-corrected chi connectivity index (χ0v) is 14.8. The Morgan fingerprint density at radius 3 is 2.58 bits per heavy atom. The van der Waals surface area contributed by atoms with E-state index < -0.39 is 0 Å². The normalized spacial score (nSPS) is 14.4. The van der Waals surface area contributed by atoms with Gasteiger partial charge in [0.25, 0.3) is 5.91 Å². The van der Waals surface area contributed by atoms with E-state index in [1.165, 1.54) is 16.7 Å². The first-order valence-electron chi connectivity index (χ1n) is 8.36. The largest absolute Gasteiger partial charge is 0.356 e. The van der Waals surface area contributed by atoms with E-state index in [2.05, 4.69) is 44.0 Å². The van der Waals surface area contributed by atoms with Crippen molar-refractivity contribution in [1.82, 2.24) is 9.88 Å². The summed E-state index contributed by atoms with van der Waals surface area (Å²) in [6, 6.07) is 8.27. The number of amides is 1. The Morgan fingerprint density at radius 1 is 1.21 bits per heavy atom. The number of aromatic nitrogens is 1. The highest BCUT2D eigenvalue weighted by atomic mass is 16.2. The van der Waals surface area contributed by atoms with Crippen molar-refractivity contribution in [3.05, 3.63) is 57.9 Å². The summed E-state index contributed by atoms with van der Waals surface area (Å²) < 4.78 is 0.